The van der Waals surface area contributed by atoms with E-state index in [2.05, 4.69) is 5.32 Å². The summed E-state index contributed by atoms with van der Waals surface area (Å²) < 4.78 is 21.3. The molecule has 1 amide bonds. The first-order valence-electron chi connectivity index (χ1n) is 9.49. The van der Waals surface area contributed by atoms with Crippen LogP contribution in [0.1, 0.15) is 22.8 Å². The second-order valence-corrected chi connectivity index (χ2v) is 6.85. The lowest BCUT2D eigenvalue weighted by atomic mass is 10.1. The standard InChI is InChI=1S/C23H21NO6/c1-14(22(25)24-12-15-7-8-19-21(9-15)29-13-28-19)30-23(26)18-10-16-5-3-4-6-17(16)11-20(18)27-2/h3-11,14H,12-13H2,1-2H3,(H,24,25)/t14-/m0/s1. The van der Waals surface area contributed by atoms with Crippen LogP contribution in [-0.2, 0) is 16.1 Å². The highest BCUT2D eigenvalue weighted by molar-refractivity contribution is 5.99. The zero-order valence-electron chi connectivity index (χ0n) is 16.6. The zero-order valence-corrected chi connectivity index (χ0v) is 16.6. The molecular weight excluding hydrogens is 386 g/mol. The van der Waals surface area contributed by atoms with Crippen molar-refractivity contribution in [1.82, 2.24) is 5.32 Å². The SMILES string of the molecule is COc1cc2ccccc2cc1C(=O)O[C@@H](C)C(=O)NCc1ccc2c(c1)OCO2. The van der Waals surface area contributed by atoms with Gasteiger partial charge in [-0.3, -0.25) is 4.79 Å². The normalized spacial score (nSPS) is 13.0. The smallest absolute Gasteiger partial charge is 0.342 e. The van der Waals surface area contributed by atoms with E-state index in [0.717, 1.165) is 16.3 Å². The number of carbonyl (C=O) groups excluding carboxylic acids is 2. The van der Waals surface area contributed by atoms with Crippen molar-refractivity contribution >= 4 is 22.6 Å². The van der Waals surface area contributed by atoms with E-state index in [1.807, 2.05) is 30.3 Å². The van der Waals surface area contributed by atoms with E-state index >= 15 is 0 Å². The second-order valence-electron chi connectivity index (χ2n) is 6.85. The average Bonchev–Trinajstić information content (AvgIpc) is 3.24. The topological polar surface area (TPSA) is 83.1 Å². The summed E-state index contributed by atoms with van der Waals surface area (Å²) in [5.74, 6) is 0.692. The highest BCUT2D eigenvalue weighted by Gasteiger charge is 2.22. The first-order valence-corrected chi connectivity index (χ1v) is 9.49. The molecule has 0 spiro atoms. The summed E-state index contributed by atoms with van der Waals surface area (Å²) in [7, 11) is 1.49. The lowest BCUT2D eigenvalue weighted by molar-refractivity contribution is -0.129. The van der Waals surface area contributed by atoms with Gasteiger partial charge in [-0.1, -0.05) is 30.3 Å². The summed E-state index contributed by atoms with van der Waals surface area (Å²) in [5, 5.41) is 4.59. The third kappa shape index (κ3) is 4.00. The van der Waals surface area contributed by atoms with Crippen molar-refractivity contribution in [3.63, 3.8) is 0 Å². The van der Waals surface area contributed by atoms with Crippen molar-refractivity contribution in [3.05, 3.63) is 65.7 Å². The Labute approximate surface area is 173 Å². The van der Waals surface area contributed by atoms with Crippen molar-refractivity contribution in [2.75, 3.05) is 13.9 Å². The first-order chi connectivity index (χ1) is 14.5. The minimum atomic E-state index is -0.970. The van der Waals surface area contributed by atoms with Gasteiger partial charge in [-0.05, 0) is 47.5 Å². The maximum Gasteiger partial charge on any atom is 0.342 e. The van der Waals surface area contributed by atoms with Gasteiger partial charge in [-0.15, -0.1) is 0 Å². The van der Waals surface area contributed by atoms with Gasteiger partial charge in [0.25, 0.3) is 5.91 Å². The molecule has 30 heavy (non-hydrogen) atoms. The second kappa shape index (κ2) is 8.32. The molecule has 7 nitrogen and oxygen atoms in total. The number of esters is 1. The van der Waals surface area contributed by atoms with Crippen LogP contribution in [0.3, 0.4) is 0 Å². The average molecular weight is 407 g/mol. The molecule has 3 aromatic carbocycles. The van der Waals surface area contributed by atoms with Crippen molar-refractivity contribution in [2.24, 2.45) is 0 Å². The van der Waals surface area contributed by atoms with E-state index in [-0.39, 0.29) is 18.9 Å². The Hall–Kier alpha value is -3.74. The highest BCUT2D eigenvalue weighted by Crippen LogP contribution is 2.32. The minimum Gasteiger partial charge on any atom is -0.496 e. The molecule has 1 atom stereocenters. The van der Waals surface area contributed by atoms with Crippen LogP contribution in [0.4, 0.5) is 0 Å². The summed E-state index contributed by atoms with van der Waals surface area (Å²) in [5.41, 5.74) is 1.12. The largest absolute Gasteiger partial charge is 0.496 e. The number of hydrogen-bond acceptors (Lipinski definition) is 6. The van der Waals surface area contributed by atoms with Gasteiger partial charge < -0.3 is 24.3 Å². The number of carbonyl (C=O) groups is 2. The summed E-state index contributed by atoms with van der Waals surface area (Å²) in [6.45, 7) is 1.99. The molecule has 3 aromatic rings. The Morgan fingerprint density at radius 1 is 1.03 bits per heavy atom. The van der Waals surface area contributed by atoms with Crippen molar-refractivity contribution in [3.8, 4) is 17.2 Å². The molecule has 0 saturated heterocycles. The number of hydrogen-bond donors (Lipinski definition) is 1. The number of fused-ring (bicyclic) bond motifs is 2. The summed E-state index contributed by atoms with van der Waals surface area (Å²) in [6.07, 6.45) is -0.970. The summed E-state index contributed by atoms with van der Waals surface area (Å²) >= 11 is 0. The molecule has 0 fully saturated rings. The molecule has 7 heteroatoms. The van der Waals surface area contributed by atoms with E-state index in [1.54, 1.807) is 24.3 Å². The first kappa shape index (κ1) is 19.6. The van der Waals surface area contributed by atoms with Crippen LogP contribution in [0, 0.1) is 0 Å². The fourth-order valence-corrected chi connectivity index (χ4v) is 3.21. The maximum atomic E-state index is 12.7. The minimum absolute atomic E-state index is 0.191. The lowest BCUT2D eigenvalue weighted by Crippen LogP contribution is -2.35. The Morgan fingerprint density at radius 3 is 2.53 bits per heavy atom. The number of benzene rings is 3. The van der Waals surface area contributed by atoms with Crippen molar-refractivity contribution in [2.45, 2.75) is 19.6 Å². The van der Waals surface area contributed by atoms with Gasteiger partial charge in [0.15, 0.2) is 17.6 Å². The predicted molar refractivity (Wildman–Crippen MR) is 110 cm³/mol. The van der Waals surface area contributed by atoms with E-state index in [4.69, 9.17) is 18.9 Å². The molecule has 0 unspecified atom stereocenters. The van der Waals surface area contributed by atoms with Gasteiger partial charge >= 0.3 is 5.97 Å². The van der Waals surface area contributed by atoms with Crippen LogP contribution in [0.2, 0.25) is 0 Å². The van der Waals surface area contributed by atoms with Crippen LogP contribution in [-0.4, -0.2) is 31.9 Å². The molecule has 1 aliphatic heterocycles. The number of amides is 1. The highest BCUT2D eigenvalue weighted by atomic mass is 16.7. The van der Waals surface area contributed by atoms with Crippen LogP contribution in [0.5, 0.6) is 17.2 Å². The molecule has 0 aromatic heterocycles. The zero-order chi connectivity index (χ0) is 21.1. The molecule has 1 heterocycles. The number of ether oxygens (including phenoxy) is 4. The summed E-state index contributed by atoms with van der Waals surface area (Å²) in [6, 6.07) is 16.5. The predicted octanol–water partition coefficient (Wildman–Crippen LogP) is 3.44. The number of methoxy groups -OCH3 is 1. The Balaban J connectivity index is 1.40. The van der Waals surface area contributed by atoms with Crippen LogP contribution in [0.25, 0.3) is 10.8 Å². The van der Waals surface area contributed by atoms with Crippen LogP contribution >= 0.6 is 0 Å². The van der Waals surface area contributed by atoms with Gasteiger partial charge in [-0.2, -0.15) is 0 Å². The molecule has 0 bridgehead atoms. The lowest BCUT2D eigenvalue weighted by Gasteiger charge is -2.15. The molecular formula is C23H21NO6. The summed E-state index contributed by atoms with van der Waals surface area (Å²) in [4.78, 5) is 25.1. The molecule has 0 radical (unpaired) electrons. The van der Waals surface area contributed by atoms with Gasteiger partial charge in [0.1, 0.15) is 11.3 Å². The van der Waals surface area contributed by atoms with Crippen molar-refractivity contribution in [1.29, 1.82) is 0 Å². The van der Waals surface area contributed by atoms with E-state index in [0.29, 0.717) is 17.2 Å². The monoisotopic (exact) mass is 407 g/mol. The molecule has 154 valence electrons. The third-order valence-corrected chi connectivity index (χ3v) is 4.84. The fourth-order valence-electron chi connectivity index (χ4n) is 3.21. The van der Waals surface area contributed by atoms with E-state index < -0.39 is 18.0 Å². The van der Waals surface area contributed by atoms with Gasteiger partial charge in [0, 0.05) is 6.54 Å². The Kier molecular flexibility index (Phi) is 5.43. The molecule has 0 saturated carbocycles. The molecule has 0 aliphatic carbocycles. The van der Waals surface area contributed by atoms with Gasteiger partial charge in [0.2, 0.25) is 6.79 Å². The van der Waals surface area contributed by atoms with Gasteiger partial charge in [0.05, 0.1) is 7.11 Å². The fraction of sp³-hybridized carbons (Fsp3) is 0.217. The Morgan fingerprint density at radius 2 is 1.77 bits per heavy atom. The maximum absolute atomic E-state index is 12.7. The van der Waals surface area contributed by atoms with Gasteiger partial charge in [-0.25, -0.2) is 4.79 Å². The molecule has 1 aliphatic rings. The van der Waals surface area contributed by atoms with Crippen LogP contribution < -0.4 is 19.5 Å². The van der Waals surface area contributed by atoms with E-state index in [1.165, 1.54) is 14.0 Å². The molecule has 4 rings (SSSR count). The molecule has 1 N–H and O–H groups in total. The number of rotatable bonds is 6. The quantitative estimate of drug-likeness (QED) is 0.631. The van der Waals surface area contributed by atoms with Crippen molar-refractivity contribution < 1.29 is 28.5 Å². The third-order valence-electron chi connectivity index (χ3n) is 4.84. The number of nitrogens with one attached hydrogen (secondary N) is 1. The Bertz CT molecular complexity index is 1110. The van der Waals surface area contributed by atoms with Crippen LogP contribution in [0.15, 0.2) is 54.6 Å². The van der Waals surface area contributed by atoms with E-state index in [9.17, 15) is 9.59 Å².